The molecule has 0 aliphatic carbocycles. The minimum Gasteiger partial charge on any atom is -0.497 e. The van der Waals surface area contributed by atoms with Crippen molar-refractivity contribution in [2.24, 2.45) is 0 Å². The molecule has 0 unspecified atom stereocenters. The first kappa shape index (κ1) is 22.5. The minimum absolute atomic E-state index is 0.0361. The average molecular weight is 462 g/mol. The van der Waals surface area contributed by atoms with Crippen LogP contribution >= 0.6 is 23.4 Å². The monoisotopic (exact) mass is 461 g/mol. The van der Waals surface area contributed by atoms with Crippen LogP contribution in [0.5, 0.6) is 17.2 Å². The Morgan fingerprint density at radius 3 is 2.48 bits per heavy atom. The second-order valence-corrected chi connectivity index (χ2v) is 7.52. The molecule has 10 heteroatoms. The van der Waals surface area contributed by atoms with Gasteiger partial charge in [-0.05, 0) is 54.6 Å². The Morgan fingerprint density at radius 1 is 1.19 bits per heavy atom. The third-order valence-corrected chi connectivity index (χ3v) is 5.23. The lowest BCUT2D eigenvalue weighted by molar-refractivity contribution is -0.131. The van der Waals surface area contributed by atoms with Gasteiger partial charge in [0, 0.05) is 11.6 Å². The van der Waals surface area contributed by atoms with Crippen LogP contribution in [0.1, 0.15) is 12.5 Å². The summed E-state index contributed by atoms with van der Waals surface area (Å²) < 4.78 is 15.9. The minimum atomic E-state index is -1.11. The van der Waals surface area contributed by atoms with E-state index in [4.69, 9.17) is 25.8 Å². The number of carboxylic acid groups (broad SMARTS) is 1. The average Bonchev–Trinajstić information content (AvgIpc) is 3.23. The second kappa shape index (κ2) is 10.2. The summed E-state index contributed by atoms with van der Waals surface area (Å²) in [4.78, 5) is 16.2. The number of ether oxygens (including phenoxy) is 3. The molecule has 0 amide bonds. The maximum Gasteiger partial charge on any atom is 0.342 e. The van der Waals surface area contributed by atoms with E-state index in [-0.39, 0.29) is 10.1 Å². The number of H-pyrrole nitrogens is 1. The molecule has 0 aliphatic rings. The Morgan fingerprint density at radius 2 is 1.90 bits per heavy atom. The zero-order valence-corrected chi connectivity index (χ0v) is 18.6. The van der Waals surface area contributed by atoms with E-state index in [2.05, 4.69) is 15.2 Å². The molecule has 0 fully saturated rings. The molecule has 1 aromatic heterocycles. The highest BCUT2D eigenvalue weighted by Gasteiger charge is 2.16. The predicted octanol–water partition coefficient (Wildman–Crippen LogP) is 4.76. The van der Waals surface area contributed by atoms with E-state index < -0.39 is 5.97 Å². The fourth-order valence-electron chi connectivity index (χ4n) is 2.63. The maximum atomic E-state index is 11.8. The van der Waals surface area contributed by atoms with Crippen LogP contribution in [0.15, 0.2) is 46.5 Å². The topological polar surface area (TPSA) is 107 Å². The Bertz CT molecular complexity index is 1090. The summed E-state index contributed by atoms with van der Waals surface area (Å²) in [7, 11) is 3.11. The summed E-state index contributed by atoms with van der Waals surface area (Å²) >= 11 is 7.11. The molecule has 0 atom stereocenters. The first-order valence-electron chi connectivity index (χ1n) is 9.14. The molecule has 0 saturated heterocycles. The predicted molar refractivity (Wildman–Crippen MR) is 119 cm³/mol. The smallest absolute Gasteiger partial charge is 0.342 e. The van der Waals surface area contributed by atoms with Crippen LogP contribution in [-0.4, -0.2) is 47.1 Å². The summed E-state index contributed by atoms with van der Waals surface area (Å²) in [6.07, 6.45) is 1.50. The standard InChI is InChI=1S/C21H20ClN3O5S/c1-4-30-17-6-5-12(7-16(17)22)8-18(20(26)27)31-21-23-19(24-25-21)13-9-14(28-2)11-15(10-13)29-3/h5-11H,4H2,1-3H3,(H,26,27)(H,23,24,25)/b18-8-. The van der Waals surface area contributed by atoms with Crippen molar-refractivity contribution in [2.75, 3.05) is 20.8 Å². The van der Waals surface area contributed by atoms with Gasteiger partial charge in [0.25, 0.3) is 0 Å². The summed E-state index contributed by atoms with van der Waals surface area (Å²) in [5.74, 6) is 1.08. The first-order valence-corrected chi connectivity index (χ1v) is 10.3. The normalized spacial score (nSPS) is 11.3. The molecule has 3 rings (SSSR count). The molecule has 3 aromatic rings. The van der Waals surface area contributed by atoms with E-state index in [1.165, 1.54) is 6.08 Å². The SMILES string of the molecule is CCOc1ccc(/C=C(\Sc2n[nH]c(-c3cc(OC)cc(OC)c3)n2)C(=O)O)cc1Cl. The molecule has 0 radical (unpaired) electrons. The van der Waals surface area contributed by atoms with Gasteiger partial charge in [0.05, 0.1) is 25.8 Å². The second-order valence-electron chi connectivity index (χ2n) is 6.11. The van der Waals surface area contributed by atoms with Gasteiger partial charge < -0.3 is 19.3 Å². The zero-order chi connectivity index (χ0) is 22.4. The van der Waals surface area contributed by atoms with Crippen molar-refractivity contribution in [3.8, 4) is 28.6 Å². The fourth-order valence-corrected chi connectivity index (χ4v) is 3.58. The molecule has 0 bridgehead atoms. The lowest BCUT2D eigenvalue weighted by Crippen LogP contribution is -1.97. The quantitative estimate of drug-likeness (QED) is 0.347. The summed E-state index contributed by atoms with van der Waals surface area (Å²) in [6.45, 7) is 2.34. The van der Waals surface area contributed by atoms with Gasteiger partial charge in [-0.15, -0.1) is 5.10 Å². The number of benzene rings is 2. The Hall–Kier alpha value is -3.17. The van der Waals surface area contributed by atoms with Gasteiger partial charge in [0.1, 0.15) is 22.2 Å². The fraction of sp³-hybridized carbons (Fsp3) is 0.190. The molecule has 0 aliphatic heterocycles. The van der Waals surface area contributed by atoms with Gasteiger partial charge in [-0.2, -0.15) is 0 Å². The van der Waals surface area contributed by atoms with E-state index in [0.717, 1.165) is 11.8 Å². The van der Waals surface area contributed by atoms with Gasteiger partial charge in [0.15, 0.2) is 5.82 Å². The Kier molecular flexibility index (Phi) is 7.43. The van der Waals surface area contributed by atoms with Gasteiger partial charge in [-0.1, -0.05) is 17.7 Å². The van der Waals surface area contributed by atoms with E-state index in [1.807, 2.05) is 6.92 Å². The first-order chi connectivity index (χ1) is 14.9. The van der Waals surface area contributed by atoms with E-state index in [9.17, 15) is 9.90 Å². The van der Waals surface area contributed by atoms with E-state index in [1.54, 1.807) is 50.6 Å². The van der Waals surface area contributed by atoms with Crippen LogP contribution in [-0.2, 0) is 4.79 Å². The third kappa shape index (κ3) is 5.71. The summed E-state index contributed by atoms with van der Waals surface area (Å²) in [6, 6.07) is 10.3. The van der Waals surface area contributed by atoms with Crippen molar-refractivity contribution in [1.82, 2.24) is 15.2 Å². The highest BCUT2D eigenvalue weighted by Crippen LogP contribution is 2.32. The number of nitrogens with one attached hydrogen (secondary N) is 1. The number of hydrogen-bond acceptors (Lipinski definition) is 7. The third-order valence-electron chi connectivity index (χ3n) is 4.06. The van der Waals surface area contributed by atoms with E-state index in [0.29, 0.717) is 45.8 Å². The molecule has 0 spiro atoms. The lowest BCUT2D eigenvalue weighted by atomic mass is 10.2. The summed E-state index contributed by atoms with van der Waals surface area (Å²) in [5, 5.41) is 17.2. The van der Waals surface area contributed by atoms with Crippen molar-refractivity contribution in [3.63, 3.8) is 0 Å². The number of methoxy groups -OCH3 is 2. The molecule has 1 heterocycles. The number of aromatic amines is 1. The number of aromatic nitrogens is 3. The van der Waals surface area contributed by atoms with Crippen LogP contribution in [0.25, 0.3) is 17.5 Å². The van der Waals surface area contributed by atoms with Crippen LogP contribution in [0.4, 0.5) is 0 Å². The van der Waals surface area contributed by atoms with Crippen molar-refractivity contribution in [2.45, 2.75) is 12.1 Å². The van der Waals surface area contributed by atoms with Crippen molar-refractivity contribution in [1.29, 1.82) is 0 Å². The molecule has 8 nitrogen and oxygen atoms in total. The number of carboxylic acids is 1. The number of aliphatic carboxylic acids is 1. The maximum absolute atomic E-state index is 11.8. The number of nitrogens with zero attached hydrogens (tertiary/aromatic N) is 2. The number of rotatable bonds is 9. The molecule has 31 heavy (non-hydrogen) atoms. The van der Waals surface area contributed by atoms with E-state index >= 15 is 0 Å². The highest BCUT2D eigenvalue weighted by atomic mass is 35.5. The van der Waals surface area contributed by atoms with Crippen LogP contribution in [0.2, 0.25) is 5.02 Å². The molecule has 0 saturated carbocycles. The van der Waals surface area contributed by atoms with Gasteiger partial charge in [-0.3, -0.25) is 5.10 Å². The molecule has 2 N–H and O–H groups in total. The number of hydrogen-bond donors (Lipinski definition) is 2. The molecule has 2 aromatic carbocycles. The van der Waals surface area contributed by atoms with Gasteiger partial charge >= 0.3 is 5.97 Å². The molecular formula is C21H20ClN3O5S. The Labute approximate surface area is 188 Å². The zero-order valence-electron chi connectivity index (χ0n) is 17.0. The number of carbonyl (C=O) groups is 1. The lowest BCUT2D eigenvalue weighted by Gasteiger charge is -2.06. The summed E-state index contributed by atoms with van der Waals surface area (Å²) in [5.41, 5.74) is 1.31. The number of thioether (sulfide) groups is 1. The van der Waals surface area contributed by atoms with Crippen molar-refractivity contribution < 1.29 is 24.1 Å². The molecule has 162 valence electrons. The Balaban J connectivity index is 1.85. The van der Waals surface area contributed by atoms with Crippen LogP contribution in [0, 0.1) is 0 Å². The van der Waals surface area contributed by atoms with Crippen molar-refractivity contribution in [3.05, 3.63) is 51.9 Å². The largest absolute Gasteiger partial charge is 0.497 e. The van der Waals surface area contributed by atoms with Gasteiger partial charge in [-0.25, -0.2) is 9.78 Å². The van der Waals surface area contributed by atoms with Crippen LogP contribution < -0.4 is 14.2 Å². The molecular weight excluding hydrogens is 442 g/mol. The van der Waals surface area contributed by atoms with Crippen molar-refractivity contribution >= 4 is 35.4 Å². The number of halogens is 1. The van der Waals surface area contributed by atoms with Crippen LogP contribution in [0.3, 0.4) is 0 Å². The highest BCUT2D eigenvalue weighted by molar-refractivity contribution is 8.04. The van der Waals surface area contributed by atoms with Gasteiger partial charge in [0.2, 0.25) is 5.16 Å².